The number of rotatable bonds is 4. The van der Waals surface area contributed by atoms with E-state index in [4.69, 9.17) is 46.4 Å². The van der Waals surface area contributed by atoms with E-state index < -0.39 is 10.0 Å². The Morgan fingerprint density at radius 3 is 2.05 bits per heavy atom. The molecule has 0 aromatic heterocycles. The van der Waals surface area contributed by atoms with Crippen molar-refractivity contribution in [2.24, 2.45) is 0 Å². The maximum atomic E-state index is 12.9. The molecule has 0 atom stereocenters. The molecule has 22 heavy (non-hydrogen) atoms. The highest BCUT2D eigenvalue weighted by molar-refractivity contribution is 7.93. The van der Waals surface area contributed by atoms with Crippen LogP contribution in [0.5, 0.6) is 0 Å². The molecule has 8 heteroatoms. The van der Waals surface area contributed by atoms with E-state index in [0.29, 0.717) is 15.7 Å². The summed E-state index contributed by atoms with van der Waals surface area (Å²) in [5.41, 5.74) is 0.357. The van der Waals surface area contributed by atoms with Gasteiger partial charge in [0, 0.05) is 21.6 Å². The second-order valence-corrected chi connectivity index (χ2v) is 7.92. The Labute approximate surface area is 149 Å². The van der Waals surface area contributed by atoms with E-state index in [9.17, 15) is 8.42 Å². The summed E-state index contributed by atoms with van der Waals surface area (Å²) in [6, 6.07) is 8.85. The number of halogens is 4. The van der Waals surface area contributed by atoms with Gasteiger partial charge in [0.1, 0.15) is 4.90 Å². The largest absolute Gasteiger partial charge is 0.266 e. The molecule has 118 valence electrons. The van der Waals surface area contributed by atoms with Gasteiger partial charge in [0.25, 0.3) is 10.0 Å². The Kier molecular flexibility index (Phi) is 5.51. The Morgan fingerprint density at radius 2 is 1.50 bits per heavy atom. The number of hydrogen-bond acceptors (Lipinski definition) is 2. The molecule has 3 nitrogen and oxygen atoms in total. The summed E-state index contributed by atoms with van der Waals surface area (Å²) >= 11 is 23.8. The molecule has 0 amide bonds. The van der Waals surface area contributed by atoms with E-state index >= 15 is 0 Å². The molecular formula is C14H11Cl4NO2S. The van der Waals surface area contributed by atoms with Crippen molar-refractivity contribution in [1.29, 1.82) is 0 Å². The molecule has 0 unspecified atom stereocenters. The first-order chi connectivity index (χ1) is 10.3. The Balaban J connectivity index is 2.60. The fourth-order valence-electron chi connectivity index (χ4n) is 1.97. The molecule has 0 aliphatic heterocycles. The summed E-state index contributed by atoms with van der Waals surface area (Å²) in [6.45, 7) is 1.88. The van der Waals surface area contributed by atoms with Crippen molar-refractivity contribution >= 4 is 62.1 Å². The number of benzene rings is 2. The lowest BCUT2D eigenvalue weighted by Crippen LogP contribution is -2.31. The Bertz CT molecular complexity index is 788. The smallest absolute Gasteiger partial charge is 0.265 e. The van der Waals surface area contributed by atoms with Crippen molar-refractivity contribution in [3.05, 3.63) is 56.5 Å². The van der Waals surface area contributed by atoms with Crippen molar-refractivity contribution in [2.75, 3.05) is 10.8 Å². The van der Waals surface area contributed by atoms with Gasteiger partial charge in [-0.1, -0.05) is 46.4 Å². The van der Waals surface area contributed by atoms with Crippen LogP contribution in [0.25, 0.3) is 0 Å². The van der Waals surface area contributed by atoms with E-state index in [1.54, 1.807) is 6.92 Å². The van der Waals surface area contributed by atoms with E-state index in [1.165, 1.54) is 40.7 Å². The van der Waals surface area contributed by atoms with Gasteiger partial charge in [-0.15, -0.1) is 0 Å². The number of hydrogen-bond donors (Lipinski definition) is 0. The first kappa shape index (κ1) is 17.7. The Morgan fingerprint density at radius 1 is 0.909 bits per heavy atom. The summed E-state index contributed by atoms with van der Waals surface area (Å²) < 4.78 is 26.9. The van der Waals surface area contributed by atoms with Crippen molar-refractivity contribution in [2.45, 2.75) is 11.8 Å². The van der Waals surface area contributed by atoms with Crippen LogP contribution in [-0.4, -0.2) is 15.0 Å². The highest BCUT2D eigenvalue weighted by Gasteiger charge is 2.26. The van der Waals surface area contributed by atoms with Crippen molar-refractivity contribution in [3.8, 4) is 0 Å². The summed E-state index contributed by atoms with van der Waals surface area (Å²) in [5, 5.41) is 1.06. The normalized spacial score (nSPS) is 11.5. The SMILES string of the molecule is CCN(c1cc(Cl)cc(Cl)c1)S(=O)(=O)c1cc(Cl)ccc1Cl. The van der Waals surface area contributed by atoms with Crippen LogP contribution in [0.15, 0.2) is 41.3 Å². The molecule has 0 saturated carbocycles. The molecule has 2 aromatic rings. The fraction of sp³-hybridized carbons (Fsp3) is 0.143. The summed E-state index contributed by atoms with van der Waals surface area (Å²) in [4.78, 5) is -0.0698. The summed E-state index contributed by atoms with van der Waals surface area (Å²) in [7, 11) is -3.89. The van der Waals surface area contributed by atoms with Gasteiger partial charge in [-0.25, -0.2) is 8.42 Å². The standard InChI is InChI=1S/C14H11Cl4NO2S/c1-2-19(12-6-10(16)5-11(17)7-12)22(20,21)14-8-9(15)3-4-13(14)18/h3-8H,2H2,1H3. The monoisotopic (exact) mass is 397 g/mol. The fourth-order valence-corrected chi connectivity index (χ4v) is 4.68. The number of sulfonamides is 1. The molecule has 0 fully saturated rings. The molecule has 0 aliphatic rings. The molecule has 0 radical (unpaired) electrons. The lowest BCUT2D eigenvalue weighted by molar-refractivity contribution is 0.592. The number of anilines is 1. The van der Waals surface area contributed by atoms with Crippen LogP contribution in [0.1, 0.15) is 6.92 Å². The zero-order valence-electron chi connectivity index (χ0n) is 11.4. The zero-order valence-corrected chi connectivity index (χ0v) is 15.2. The molecule has 2 aromatic carbocycles. The highest BCUT2D eigenvalue weighted by atomic mass is 35.5. The third kappa shape index (κ3) is 3.63. The van der Waals surface area contributed by atoms with Crippen LogP contribution in [-0.2, 0) is 10.0 Å². The molecular weight excluding hydrogens is 388 g/mol. The summed E-state index contributed by atoms with van der Waals surface area (Å²) in [6.07, 6.45) is 0. The van der Waals surface area contributed by atoms with Crippen molar-refractivity contribution in [3.63, 3.8) is 0 Å². The van der Waals surface area contributed by atoms with Crippen molar-refractivity contribution in [1.82, 2.24) is 0 Å². The summed E-state index contributed by atoms with van der Waals surface area (Å²) in [5.74, 6) is 0. The predicted octanol–water partition coefficient (Wildman–Crippen LogP) is 5.52. The predicted molar refractivity (Wildman–Crippen MR) is 93.1 cm³/mol. The lowest BCUT2D eigenvalue weighted by atomic mass is 10.3. The van der Waals surface area contributed by atoms with Crippen LogP contribution < -0.4 is 4.31 Å². The molecule has 0 saturated heterocycles. The molecule has 0 bridgehead atoms. The van der Waals surface area contributed by atoms with E-state index in [-0.39, 0.29) is 21.5 Å². The van der Waals surface area contributed by atoms with E-state index in [2.05, 4.69) is 0 Å². The minimum Gasteiger partial charge on any atom is -0.266 e. The van der Waals surface area contributed by atoms with Gasteiger partial charge in [0.2, 0.25) is 0 Å². The average Bonchev–Trinajstić information content (AvgIpc) is 2.40. The van der Waals surface area contributed by atoms with Gasteiger partial charge >= 0.3 is 0 Å². The van der Waals surface area contributed by atoms with Crippen LogP contribution in [0.2, 0.25) is 20.1 Å². The molecule has 0 N–H and O–H groups in total. The zero-order chi connectivity index (χ0) is 16.5. The van der Waals surface area contributed by atoms with Gasteiger partial charge in [-0.05, 0) is 43.3 Å². The molecule has 0 heterocycles. The topological polar surface area (TPSA) is 37.4 Å². The molecule has 0 spiro atoms. The van der Waals surface area contributed by atoms with Crippen LogP contribution in [0, 0.1) is 0 Å². The van der Waals surface area contributed by atoms with Gasteiger partial charge in [0.15, 0.2) is 0 Å². The van der Waals surface area contributed by atoms with Gasteiger partial charge in [0.05, 0.1) is 10.7 Å². The minimum absolute atomic E-state index is 0.0698. The third-order valence-electron chi connectivity index (χ3n) is 2.88. The van der Waals surface area contributed by atoms with Gasteiger partial charge in [-0.3, -0.25) is 4.31 Å². The minimum atomic E-state index is -3.89. The average molecular weight is 399 g/mol. The highest BCUT2D eigenvalue weighted by Crippen LogP contribution is 2.33. The second kappa shape index (κ2) is 6.85. The van der Waals surface area contributed by atoms with E-state index in [1.807, 2.05) is 0 Å². The van der Waals surface area contributed by atoms with Crippen LogP contribution >= 0.6 is 46.4 Å². The quantitative estimate of drug-likeness (QED) is 0.680. The van der Waals surface area contributed by atoms with Crippen molar-refractivity contribution < 1.29 is 8.42 Å². The molecule has 0 aliphatic carbocycles. The maximum absolute atomic E-state index is 12.9. The molecule has 2 rings (SSSR count). The van der Waals surface area contributed by atoms with Crippen LogP contribution in [0.4, 0.5) is 5.69 Å². The second-order valence-electron chi connectivity index (χ2n) is 4.37. The first-order valence-corrected chi connectivity index (χ1v) is 9.14. The van der Waals surface area contributed by atoms with Gasteiger partial charge in [-0.2, -0.15) is 0 Å². The van der Waals surface area contributed by atoms with Gasteiger partial charge < -0.3 is 0 Å². The Hall–Kier alpha value is -0.650. The maximum Gasteiger partial charge on any atom is 0.265 e. The van der Waals surface area contributed by atoms with E-state index in [0.717, 1.165) is 0 Å². The first-order valence-electron chi connectivity index (χ1n) is 6.19. The third-order valence-corrected chi connectivity index (χ3v) is 5.94. The van der Waals surface area contributed by atoms with Crippen LogP contribution in [0.3, 0.4) is 0 Å². The number of nitrogens with zero attached hydrogens (tertiary/aromatic N) is 1. The lowest BCUT2D eigenvalue weighted by Gasteiger charge is -2.24.